The predicted molar refractivity (Wildman–Crippen MR) is 109 cm³/mol. The molecule has 2 aromatic rings. The molecule has 0 aliphatic rings. The minimum absolute atomic E-state index is 0.0721. The zero-order valence-corrected chi connectivity index (χ0v) is 17.2. The van der Waals surface area contributed by atoms with Gasteiger partial charge in [0.2, 0.25) is 5.91 Å². The van der Waals surface area contributed by atoms with Gasteiger partial charge >= 0.3 is 0 Å². The lowest BCUT2D eigenvalue weighted by Gasteiger charge is -2.18. The molecule has 0 heterocycles. The van der Waals surface area contributed by atoms with Crippen LogP contribution in [0.2, 0.25) is 0 Å². The van der Waals surface area contributed by atoms with E-state index in [4.69, 9.17) is 9.47 Å². The molecule has 2 aromatic carbocycles. The second-order valence-electron chi connectivity index (χ2n) is 5.72. The highest BCUT2D eigenvalue weighted by atomic mass is 79.9. The van der Waals surface area contributed by atoms with E-state index >= 15 is 0 Å². The summed E-state index contributed by atoms with van der Waals surface area (Å²) in [6.45, 7) is 4.64. The second-order valence-corrected chi connectivity index (χ2v) is 6.57. The van der Waals surface area contributed by atoms with Gasteiger partial charge in [-0.3, -0.25) is 9.59 Å². The molecule has 0 radical (unpaired) electrons. The van der Waals surface area contributed by atoms with Crippen molar-refractivity contribution in [2.24, 2.45) is 0 Å². The van der Waals surface area contributed by atoms with Crippen molar-refractivity contribution in [3.8, 4) is 11.5 Å². The molecule has 0 fully saturated rings. The first-order valence-corrected chi connectivity index (χ1v) is 9.45. The van der Waals surface area contributed by atoms with E-state index in [0.717, 1.165) is 4.47 Å². The van der Waals surface area contributed by atoms with Crippen LogP contribution in [0.15, 0.2) is 46.9 Å². The summed E-state index contributed by atoms with van der Waals surface area (Å²) < 4.78 is 11.8. The zero-order chi connectivity index (χ0) is 19.8. The smallest absolute Gasteiger partial charge is 0.254 e. The molecule has 2 amide bonds. The Kier molecular flexibility index (Phi) is 7.67. The number of carbonyl (C=O) groups excluding carboxylic acids is 2. The van der Waals surface area contributed by atoms with Gasteiger partial charge in [0.25, 0.3) is 5.91 Å². The molecule has 2 rings (SSSR count). The van der Waals surface area contributed by atoms with Crippen molar-refractivity contribution in [1.29, 1.82) is 0 Å². The van der Waals surface area contributed by atoms with E-state index in [9.17, 15) is 9.59 Å². The Morgan fingerprint density at radius 1 is 1.04 bits per heavy atom. The zero-order valence-electron chi connectivity index (χ0n) is 15.6. The Hall–Kier alpha value is -2.54. The number of amides is 2. The number of rotatable bonds is 8. The summed E-state index contributed by atoms with van der Waals surface area (Å²) in [7, 11) is 1.58. The lowest BCUT2D eigenvalue weighted by molar-refractivity contribution is -0.116. The number of para-hydroxylation sites is 1. The van der Waals surface area contributed by atoms with Gasteiger partial charge in [-0.1, -0.05) is 12.1 Å². The molecule has 0 saturated heterocycles. The molecule has 144 valence electrons. The normalized spacial score (nSPS) is 10.2. The summed E-state index contributed by atoms with van der Waals surface area (Å²) >= 11 is 3.38. The predicted octanol–water partition coefficient (Wildman–Crippen LogP) is 3.96. The van der Waals surface area contributed by atoms with Crippen LogP contribution in [0.4, 0.5) is 5.69 Å². The fourth-order valence-electron chi connectivity index (χ4n) is 2.44. The maximum atomic E-state index is 12.7. The summed E-state index contributed by atoms with van der Waals surface area (Å²) in [6, 6.07) is 12.3. The topological polar surface area (TPSA) is 67.9 Å². The maximum Gasteiger partial charge on any atom is 0.254 e. The minimum Gasteiger partial charge on any atom is -0.490 e. The maximum absolute atomic E-state index is 12.7. The SMILES string of the molecule is CCOc1ccc(C(=O)N(C)CC(=O)Nc2ccccc2Br)cc1OCC. The molecule has 0 bridgehead atoms. The van der Waals surface area contributed by atoms with Gasteiger partial charge < -0.3 is 19.7 Å². The van der Waals surface area contributed by atoms with E-state index in [1.54, 1.807) is 31.3 Å². The minimum atomic E-state index is -0.284. The number of hydrogen-bond acceptors (Lipinski definition) is 4. The largest absolute Gasteiger partial charge is 0.490 e. The molecule has 0 spiro atoms. The number of hydrogen-bond donors (Lipinski definition) is 1. The number of anilines is 1. The first kappa shape index (κ1) is 20.8. The Morgan fingerprint density at radius 2 is 1.70 bits per heavy atom. The summed E-state index contributed by atoms with van der Waals surface area (Å²) in [5.74, 6) is 0.538. The summed E-state index contributed by atoms with van der Waals surface area (Å²) in [4.78, 5) is 26.3. The average Bonchev–Trinajstić information content (AvgIpc) is 2.64. The van der Waals surface area contributed by atoms with E-state index in [1.807, 2.05) is 32.0 Å². The van der Waals surface area contributed by atoms with Gasteiger partial charge in [-0.05, 0) is 60.1 Å². The Morgan fingerprint density at radius 3 is 2.37 bits per heavy atom. The molecule has 0 aliphatic carbocycles. The molecule has 6 nitrogen and oxygen atoms in total. The molecule has 27 heavy (non-hydrogen) atoms. The van der Waals surface area contributed by atoms with Gasteiger partial charge in [0.05, 0.1) is 25.4 Å². The van der Waals surface area contributed by atoms with Gasteiger partial charge in [-0.25, -0.2) is 0 Å². The van der Waals surface area contributed by atoms with Gasteiger partial charge in [-0.2, -0.15) is 0 Å². The molecule has 0 aromatic heterocycles. The molecule has 0 atom stereocenters. The van der Waals surface area contributed by atoms with E-state index in [2.05, 4.69) is 21.2 Å². The highest BCUT2D eigenvalue weighted by molar-refractivity contribution is 9.10. The number of halogens is 1. The Balaban J connectivity index is 2.06. The molecule has 1 N–H and O–H groups in total. The van der Waals surface area contributed by atoms with Crippen LogP contribution in [-0.2, 0) is 4.79 Å². The number of ether oxygens (including phenoxy) is 2. The molecule has 0 aliphatic heterocycles. The van der Waals surface area contributed by atoms with Gasteiger partial charge in [-0.15, -0.1) is 0 Å². The van der Waals surface area contributed by atoms with Crippen LogP contribution < -0.4 is 14.8 Å². The number of likely N-dealkylation sites (N-methyl/N-ethyl adjacent to an activating group) is 1. The molecule has 0 saturated carbocycles. The quantitative estimate of drug-likeness (QED) is 0.682. The van der Waals surface area contributed by atoms with E-state index in [-0.39, 0.29) is 18.4 Å². The lowest BCUT2D eigenvalue weighted by atomic mass is 10.1. The number of nitrogens with zero attached hydrogens (tertiary/aromatic N) is 1. The van der Waals surface area contributed by atoms with E-state index in [1.165, 1.54) is 4.90 Å². The third kappa shape index (κ3) is 5.72. The Labute approximate surface area is 167 Å². The second kappa shape index (κ2) is 9.97. The Bertz CT molecular complexity index is 810. The van der Waals surface area contributed by atoms with Crippen molar-refractivity contribution in [2.75, 3.05) is 32.1 Å². The van der Waals surface area contributed by atoms with Gasteiger partial charge in [0.15, 0.2) is 11.5 Å². The third-order valence-electron chi connectivity index (χ3n) is 3.67. The average molecular weight is 435 g/mol. The van der Waals surface area contributed by atoms with Crippen molar-refractivity contribution >= 4 is 33.4 Å². The highest BCUT2D eigenvalue weighted by Crippen LogP contribution is 2.29. The standard InChI is InChI=1S/C20H23BrN2O4/c1-4-26-17-11-10-14(12-18(17)27-5-2)20(25)23(3)13-19(24)22-16-9-7-6-8-15(16)21/h6-12H,4-5,13H2,1-3H3,(H,22,24). The van der Waals surface area contributed by atoms with Crippen molar-refractivity contribution in [3.63, 3.8) is 0 Å². The van der Waals surface area contributed by atoms with Crippen LogP contribution in [-0.4, -0.2) is 43.5 Å². The van der Waals surface area contributed by atoms with Crippen LogP contribution in [0.5, 0.6) is 11.5 Å². The summed E-state index contributed by atoms with van der Waals surface area (Å²) in [5, 5.41) is 2.78. The first-order valence-electron chi connectivity index (χ1n) is 8.65. The molecular weight excluding hydrogens is 412 g/mol. The lowest BCUT2D eigenvalue weighted by Crippen LogP contribution is -2.35. The van der Waals surface area contributed by atoms with Crippen LogP contribution in [0.25, 0.3) is 0 Å². The van der Waals surface area contributed by atoms with Gasteiger partial charge in [0, 0.05) is 17.1 Å². The van der Waals surface area contributed by atoms with Crippen molar-refractivity contribution < 1.29 is 19.1 Å². The van der Waals surface area contributed by atoms with Crippen molar-refractivity contribution in [2.45, 2.75) is 13.8 Å². The van der Waals surface area contributed by atoms with E-state index < -0.39 is 0 Å². The van der Waals surface area contributed by atoms with Crippen LogP contribution >= 0.6 is 15.9 Å². The fourth-order valence-corrected chi connectivity index (χ4v) is 2.83. The van der Waals surface area contributed by atoms with Crippen LogP contribution in [0.3, 0.4) is 0 Å². The third-order valence-corrected chi connectivity index (χ3v) is 4.36. The van der Waals surface area contributed by atoms with Crippen molar-refractivity contribution in [1.82, 2.24) is 4.90 Å². The summed E-state index contributed by atoms with van der Waals surface area (Å²) in [5.41, 5.74) is 1.08. The molecule has 7 heteroatoms. The number of nitrogens with one attached hydrogen (secondary N) is 1. The van der Waals surface area contributed by atoms with Crippen LogP contribution in [0.1, 0.15) is 24.2 Å². The highest BCUT2D eigenvalue weighted by Gasteiger charge is 2.18. The number of carbonyl (C=O) groups is 2. The van der Waals surface area contributed by atoms with Crippen LogP contribution in [0, 0.1) is 0 Å². The first-order chi connectivity index (χ1) is 13.0. The fraction of sp³-hybridized carbons (Fsp3) is 0.300. The van der Waals surface area contributed by atoms with E-state index in [0.29, 0.717) is 36.0 Å². The monoisotopic (exact) mass is 434 g/mol. The van der Waals surface area contributed by atoms with Gasteiger partial charge in [0.1, 0.15) is 0 Å². The van der Waals surface area contributed by atoms with Crippen molar-refractivity contribution in [3.05, 3.63) is 52.5 Å². The number of benzene rings is 2. The molecule has 0 unspecified atom stereocenters. The summed E-state index contributed by atoms with van der Waals surface area (Å²) in [6.07, 6.45) is 0. The molecular formula is C20H23BrN2O4.